The van der Waals surface area contributed by atoms with E-state index in [2.05, 4.69) is 24.3 Å². The van der Waals surface area contributed by atoms with Crippen LogP contribution < -0.4 is 0 Å². The number of halogens is 2. The second kappa shape index (κ2) is 9.86. The van der Waals surface area contributed by atoms with Crippen LogP contribution >= 0.6 is 23.2 Å². The molecule has 0 amide bonds. The van der Waals surface area contributed by atoms with Crippen molar-refractivity contribution in [1.29, 1.82) is 0 Å². The fourth-order valence-corrected chi connectivity index (χ4v) is 2.51. The lowest BCUT2D eigenvalue weighted by Crippen LogP contribution is -2.01. The van der Waals surface area contributed by atoms with Crippen molar-refractivity contribution in [2.75, 3.05) is 25.0 Å². The Balaban J connectivity index is 2.23. The van der Waals surface area contributed by atoms with Crippen molar-refractivity contribution in [2.24, 2.45) is 0 Å². The summed E-state index contributed by atoms with van der Waals surface area (Å²) >= 11 is 11.3. The van der Waals surface area contributed by atoms with Crippen molar-refractivity contribution in [3.63, 3.8) is 0 Å². The highest BCUT2D eigenvalue weighted by Crippen LogP contribution is 2.28. The molecule has 0 aliphatic heterocycles. The van der Waals surface area contributed by atoms with E-state index in [0.29, 0.717) is 38.2 Å². The zero-order valence-electron chi connectivity index (χ0n) is 12.4. The van der Waals surface area contributed by atoms with Crippen LogP contribution in [0.25, 0.3) is 11.1 Å². The number of benzene rings is 2. The predicted octanol–water partition coefficient (Wildman–Crippen LogP) is 4.86. The first-order chi connectivity index (χ1) is 10.9. The molecule has 2 nitrogen and oxygen atoms in total. The molecule has 0 saturated heterocycles. The molecule has 0 radical (unpaired) electrons. The maximum absolute atomic E-state index is 5.67. The smallest absolute Gasteiger partial charge is 0.0723 e. The highest BCUT2D eigenvalue weighted by atomic mass is 35.5. The minimum absolute atomic E-state index is 0.505. The molecule has 0 spiro atoms. The van der Waals surface area contributed by atoms with E-state index in [-0.39, 0.29) is 0 Å². The van der Waals surface area contributed by atoms with Gasteiger partial charge in [0.2, 0.25) is 0 Å². The molecule has 0 saturated carbocycles. The van der Waals surface area contributed by atoms with Gasteiger partial charge in [0.25, 0.3) is 0 Å². The van der Waals surface area contributed by atoms with Crippen molar-refractivity contribution in [3.05, 3.63) is 59.7 Å². The van der Waals surface area contributed by atoms with Crippen molar-refractivity contribution in [3.8, 4) is 11.1 Å². The third-order valence-corrected chi connectivity index (χ3v) is 3.59. The second-order valence-electron chi connectivity index (χ2n) is 4.80. The van der Waals surface area contributed by atoms with E-state index >= 15 is 0 Å². The van der Waals surface area contributed by atoms with Crippen molar-refractivity contribution < 1.29 is 9.47 Å². The van der Waals surface area contributed by atoms with E-state index in [0.717, 1.165) is 11.1 Å². The van der Waals surface area contributed by atoms with Crippen LogP contribution in [-0.4, -0.2) is 25.0 Å². The van der Waals surface area contributed by atoms with Crippen LogP contribution in [0.1, 0.15) is 11.1 Å². The molecule has 2 aromatic rings. The van der Waals surface area contributed by atoms with E-state index in [9.17, 15) is 0 Å². The average molecular weight is 339 g/mol. The molecule has 0 N–H and O–H groups in total. The largest absolute Gasteiger partial charge is 0.376 e. The maximum Gasteiger partial charge on any atom is 0.0723 e. The van der Waals surface area contributed by atoms with E-state index in [1.54, 1.807) is 0 Å². The van der Waals surface area contributed by atoms with Gasteiger partial charge in [0.1, 0.15) is 0 Å². The highest BCUT2D eigenvalue weighted by Gasteiger charge is 2.09. The maximum atomic E-state index is 5.67. The molecule has 118 valence electrons. The van der Waals surface area contributed by atoms with Gasteiger partial charge < -0.3 is 9.47 Å². The zero-order chi connectivity index (χ0) is 15.6. The summed E-state index contributed by atoms with van der Waals surface area (Å²) in [4.78, 5) is 0. The first-order valence-corrected chi connectivity index (χ1v) is 8.37. The van der Waals surface area contributed by atoms with Crippen LogP contribution in [0.4, 0.5) is 0 Å². The molecule has 4 heteroatoms. The molecule has 0 bridgehead atoms. The average Bonchev–Trinajstić information content (AvgIpc) is 2.56. The second-order valence-corrected chi connectivity index (χ2v) is 5.55. The Kier molecular flexibility index (Phi) is 7.75. The first-order valence-electron chi connectivity index (χ1n) is 7.30. The summed E-state index contributed by atoms with van der Waals surface area (Å²) in [5.74, 6) is 1.01. The molecule has 0 heterocycles. The Hall–Kier alpha value is -1.06. The van der Waals surface area contributed by atoms with Crippen LogP contribution in [0, 0.1) is 0 Å². The Morgan fingerprint density at radius 1 is 0.636 bits per heavy atom. The fourth-order valence-electron chi connectivity index (χ4n) is 2.29. The number of hydrogen-bond donors (Lipinski definition) is 0. The Labute approximate surface area is 142 Å². The summed E-state index contributed by atoms with van der Waals surface area (Å²) in [6.07, 6.45) is 0. The number of rotatable bonds is 9. The number of alkyl halides is 2. The normalized spacial score (nSPS) is 10.8. The van der Waals surface area contributed by atoms with E-state index in [1.165, 1.54) is 11.1 Å². The summed E-state index contributed by atoms with van der Waals surface area (Å²) in [5, 5.41) is 0. The van der Waals surface area contributed by atoms with E-state index in [1.807, 2.05) is 24.3 Å². The molecule has 22 heavy (non-hydrogen) atoms. The van der Waals surface area contributed by atoms with Gasteiger partial charge >= 0.3 is 0 Å². The van der Waals surface area contributed by atoms with Crippen LogP contribution in [0.5, 0.6) is 0 Å². The van der Waals surface area contributed by atoms with E-state index < -0.39 is 0 Å². The van der Waals surface area contributed by atoms with Gasteiger partial charge in [0, 0.05) is 11.8 Å². The molecule has 2 rings (SSSR count). The SMILES string of the molecule is ClCCOCc1ccccc1-c1ccccc1COCCCl. The van der Waals surface area contributed by atoms with Crippen LogP contribution in [0.15, 0.2) is 48.5 Å². The molecule has 0 atom stereocenters. The number of hydrogen-bond acceptors (Lipinski definition) is 2. The van der Waals surface area contributed by atoms with Gasteiger partial charge in [-0.05, 0) is 22.3 Å². The van der Waals surface area contributed by atoms with Crippen molar-refractivity contribution in [1.82, 2.24) is 0 Å². The molecule has 0 unspecified atom stereocenters. The van der Waals surface area contributed by atoms with Crippen molar-refractivity contribution in [2.45, 2.75) is 13.2 Å². The van der Waals surface area contributed by atoms with Crippen LogP contribution in [0.3, 0.4) is 0 Å². The molecular formula is C18H20Cl2O2. The van der Waals surface area contributed by atoms with Crippen molar-refractivity contribution >= 4 is 23.2 Å². The lowest BCUT2D eigenvalue weighted by Gasteiger charge is -2.14. The lowest BCUT2D eigenvalue weighted by atomic mass is 9.96. The molecule has 0 aliphatic carbocycles. The minimum atomic E-state index is 0.505. The molecular weight excluding hydrogens is 319 g/mol. The summed E-state index contributed by atoms with van der Waals surface area (Å²) < 4.78 is 11.2. The van der Waals surface area contributed by atoms with Crippen LogP contribution in [0.2, 0.25) is 0 Å². The summed E-state index contributed by atoms with van der Waals surface area (Å²) in [6.45, 7) is 2.21. The van der Waals surface area contributed by atoms with Gasteiger partial charge in [-0.1, -0.05) is 48.5 Å². The number of ether oxygens (including phenoxy) is 2. The van der Waals surface area contributed by atoms with Crippen LogP contribution in [-0.2, 0) is 22.7 Å². The standard InChI is InChI=1S/C18H20Cl2O2/c19-9-11-21-13-15-5-1-3-7-17(15)18-8-4-2-6-16(18)14-22-12-10-20/h1-8H,9-14H2. The lowest BCUT2D eigenvalue weighted by molar-refractivity contribution is 0.135. The Morgan fingerprint density at radius 2 is 1.05 bits per heavy atom. The minimum Gasteiger partial charge on any atom is -0.376 e. The highest BCUT2D eigenvalue weighted by molar-refractivity contribution is 6.18. The summed E-state index contributed by atoms with van der Waals surface area (Å²) in [5.41, 5.74) is 4.64. The van der Waals surface area contributed by atoms with Gasteiger partial charge in [-0.2, -0.15) is 0 Å². The Bertz CT molecular complexity index is 521. The third kappa shape index (κ3) is 4.99. The molecule has 0 aromatic heterocycles. The fraction of sp³-hybridized carbons (Fsp3) is 0.333. The first kappa shape index (κ1) is 17.3. The topological polar surface area (TPSA) is 18.5 Å². The van der Waals surface area contributed by atoms with E-state index in [4.69, 9.17) is 32.7 Å². The molecule has 0 fully saturated rings. The van der Waals surface area contributed by atoms with Gasteiger partial charge in [0.15, 0.2) is 0 Å². The monoisotopic (exact) mass is 338 g/mol. The summed E-state index contributed by atoms with van der Waals surface area (Å²) in [6, 6.07) is 16.5. The van der Waals surface area contributed by atoms with Gasteiger partial charge in [0.05, 0.1) is 26.4 Å². The Morgan fingerprint density at radius 3 is 1.45 bits per heavy atom. The molecule has 2 aromatic carbocycles. The third-order valence-electron chi connectivity index (χ3n) is 3.28. The molecule has 0 aliphatic rings. The summed E-state index contributed by atoms with van der Waals surface area (Å²) in [7, 11) is 0. The van der Waals surface area contributed by atoms with Gasteiger partial charge in [-0.3, -0.25) is 0 Å². The van der Waals surface area contributed by atoms with Gasteiger partial charge in [-0.25, -0.2) is 0 Å². The predicted molar refractivity (Wildman–Crippen MR) is 92.6 cm³/mol. The van der Waals surface area contributed by atoms with Gasteiger partial charge in [-0.15, -0.1) is 23.2 Å². The zero-order valence-corrected chi connectivity index (χ0v) is 13.9. The quantitative estimate of drug-likeness (QED) is 0.480.